The molecular weight excluding hydrogens is 252 g/mol. The Morgan fingerprint density at radius 1 is 1.35 bits per heavy atom. The van der Waals surface area contributed by atoms with E-state index in [0.29, 0.717) is 18.6 Å². The summed E-state index contributed by atoms with van der Waals surface area (Å²) in [6, 6.07) is 9.62. The molecule has 2 bridgehead atoms. The minimum Gasteiger partial charge on any atom is -0.465 e. The van der Waals surface area contributed by atoms with Gasteiger partial charge in [-0.2, -0.15) is 0 Å². The van der Waals surface area contributed by atoms with E-state index in [9.17, 15) is 4.79 Å². The molecule has 2 aliphatic rings. The Morgan fingerprint density at radius 2 is 2.10 bits per heavy atom. The molecule has 1 aromatic carbocycles. The van der Waals surface area contributed by atoms with Crippen LogP contribution in [-0.4, -0.2) is 52.2 Å². The second kappa shape index (κ2) is 5.09. The van der Waals surface area contributed by atoms with Gasteiger partial charge in [0.15, 0.2) is 0 Å². The van der Waals surface area contributed by atoms with E-state index in [1.54, 1.807) is 4.90 Å². The van der Waals surface area contributed by atoms with Crippen molar-refractivity contribution < 1.29 is 9.90 Å². The van der Waals surface area contributed by atoms with Crippen molar-refractivity contribution in [2.24, 2.45) is 0 Å². The summed E-state index contributed by atoms with van der Waals surface area (Å²) in [5, 5.41) is 9.14. The first-order valence-corrected chi connectivity index (χ1v) is 7.36. The summed E-state index contributed by atoms with van der Waals surface area (Å²) in [4.78, 5) is 15.2. The lowest BCUT2D eigenvalue weighted by Crippen LogP contribution is -2.51. The second-order valence-electron chi connectivity index (χ2n) is 6.15. The van der Waals surface area contributed by atoms with E-state index in [4.69, 9.17) is 5.11 Å². The molecular formula is C16H22N2O2. The summed E-state index contributed by atoms with van der Waals surface area (Å²) >= 11 is 0. The average molecular weight is 274 g/mol. The van der Waals surface area contributed by atoms with Gasteiger partial charge in [0, 0.05) is 31.2 Å². The minimum absolute atomic E-state index is 0.205. The van der Waals surface area contributed by atoms with Crippen LogP contribution in [0.25, 0.3) is 0 Å². The van der Waals surface area contributed by atoms with Crippen LogP contribution in [0.4, 0.5) is 4.79 Å². The summed E-state index contributed by atoms with van der Waals surface area (Å²) in [6.45, 7) is 5.99. The molecule has 0 aliphatic carbocycles. The molecule has 0 aromatic heterocycles. The largest absolute Gasteiger partial charge is 0.465 e. The molecule has 0 radical (unpaired) electrons. The van der Waals surface area contributed by atoms with Gasteiger partial charge in [-0.15, -0.1) is 0 Å². The third kappa shape index (κ3) is 2.29. The fourth-order valence-corrected chi connectivity index (χ4v) is 3.75. The van der Waals surface area contributed by atoms with Gasteiger partial charge in [-0.05, 0) is 37.8 Å². The fraction of sp³-hybridized carbons (Fsp3) is 0.562. The number of hydrogen-bond donors (Lipinski definition) is 1. The van der Waals surface area contributed by atoms with Gasteiger partial charge >= 0.3 is 6.09 Å². The highest BCUT2D eigenvalue weighted by Crippen LogP contribution is 2.33. The molecule has 4 heteroatoms. The lowest BCUT2D eigenvalue weighted by atomic mass is 10.0. The first-order valence-electron chi connectivity index (χ1n) is 7.36. The van der Waals surface area contributed by atoms with Crippen molar-refractivity contribution in [1.29, 1.82) is 0 Å². The van der Waals surface area contributed by atoms with Crippen molar-refractivity contribution in [3.8, 4) is 0 Å². The smallest absolute Gasteiger partial charge is 0.407 e. The molecule has 2 heterocycles. The average Bonchev–Trinajstić information content (AvgIpc) is 3.01. The van der Waals surface area contributed by atoms with Gasteiger partial charge in [0.1, 0.15) is 0 Å². The Labute approximate surface area is 120 Å². The molecule has 20 heavy (non-hydrogen) atoms. The van der Waals surface area contributed by atoms with Gasteiger partial charge in [0.05, 0.1) is 0 Å². The van der Waals surface area contributed by atoms with Crippen LogP contribution in [-0.2, 0) is 6.42 Å². The molecule has 0 spiro atoms. The van der Waals surface area contributed by atoms with Crippen LogP contribution in [0.15, 0.2) is 24.3 Å². The third-order valence-electron chi connectivity index (χ3n) is 4.87. The van der Waals surface area contributed by atoms with E-state index >= 15 is 0 Å². The van der Waals surface area contributed by atoms with Crippen LogP contribution in [0.5, 0.6) is 0 Å². The fourth-order valence-electron chi connectivity index (χ4n) is 3.75. The monoisotopic (exact) mass is 274 g/mol. The number of aryl methyl sites for hydroxylation is 1. The number of carboxylic acid groups (broad SMARTS) is 1. The molecule has 1 amide bonds. The molecule has 1 N–H and O–H groups in total. The Morgan fingerprint density at radius 3 is 2.70 bits per heavy atom. The Kier molecular flexibility index (Phi) is 3.42. The third-order valence-corrected chi connectivity index (χ3v) is 4.87. The molecule has 2 aliphatic heterocycles. The van der Waals surface area contributed by atoms with E-state index in [1.165, 1.54) is 11.1 Å². The number of amides is 1. The zero-order valence-electron chi connectivity index (χ0n) is 12.1. The van der Waals surface area contributed by atoms with Crippen LogP contribution in [0.1, 0.15) is 24.5 Å². The molecule has 3 rings (SSSR count). The lowest BCUT2D eigenvalue weighted by molar-refractivity contribution is 0.0861. The van der Waals surface area contributed by atoms with Crippen molar-refractivity contribution in [2.45, 2.75) is 44.8 Å². The van der Waals surface area contributed by atoms with E-state index < -0.39 is 6.09 Å². The standard InChI is InChI=1S/C16H22N2O2/c1-11-5-3-4-6-13(11)7-12(2)17-9-15-8-14(17)10-18(15)16(19)20/h3-6,12,14-15H,7-10H2,1-2H3,(H,19,20). The number of rotatable bonds is 3. The number of piperazine rings is 1. The van der Waals surface area contributed by atoms with Gasteiger partial charge in [-0.1, -0.05) is 24.3 Å². The Hall–Kier alpha value is -1.55. The zero-order chi connectivity index (χ0) is 14.3. The highest BCUT2D eigenvalue weighted by molar-refractivity contribution is 5.66. The van der Waals surface area contributed by atoms with Gasteiger partial charge in [-0.25, -0.2) is 4.79 Å². The highest BCUT2D eigenvalue weighted by atomic mass is 16.4. The van der Waals surface area contributed by atoms with Gasteiger partial charge in [0.25, 0.3) is 0 Å². The summed E-state index contributed by atoms with van der Waals surface area (Å²) in [6.07, 6.45) is 1.29. The summed E-state index contributed by atoms with van der Waals surface area (Å²) in [5.74, 6) is 0. The van der Waals surface area contributed by atoms with E-state index in [2.05, 4.69) is 43.0 Å². The van der Waals surface area contributed by atoms with Crippen molar-refractivity contribution in [1.82, 2.24) is 9.80 Å². The highest BCUT2D eigenvalue weighted by Gasteiger charge is 2.46. The number of benzene rings is 1. The number of hydrogen-bond acceptors (Lipinski definition) is 2. The SMILES string of the molecule is Cc1ccccc1CC(C)N1CC2CC1CN2C(=O)O. The number of fused-ring (bicyclic) bond motifs is 2. The predicted octanol–water partition coefficient (Wildman–Crippen LogP) is 2.36. The number of nitrogens with zero attached hydrogens (tertiary/aromatic N) is 2. The quantitative estimate of drug-likeness (QED) is 0.920. The van der Waals surface area contributed by atoms with Crippen molar-refractivity contribution in [2.75, 3.05) is 13.1 Å². The van der Waals surface area contributed by atoms with Crippen LogP contribution >= 0.6 is 0 Å². The molecule has 108 valence electrons. The number of carbonyl (C=O) groups is 1. The minimum atomic E-state index is -0.760. The summed E-state index contributed by atoms with van der Waals surface area (Å²) in [7, 11) is 0. The predicted molar refractivity (Wildman–Crippen MR) is 78.0 cm³/mol. The maximum atomic E-state index is 11.1. The lowest BCUT2D eigenvalue weighted by Gasteiger charge is -2.36. The molecule has 3 unspecified atom stereocenters. The van der Waals surface area contributed by atoms with Gasteiger partial charge < -0.3 is 10.0 Å². The molecule has 2 saturated heterocycles. The zero-order valence-corrected chi connectivity index (χ0v) is 12.1. The number of likely N-dealkylation sites (tertiary alicyclic amines) is 2. The normalized spacial score (nSPS) is 27.0. The summed E-state index contributed by atoms with van der Waals surface area (Å²) in [5.41, 5.74) is 2.74. The second-order valence-corrected chi connectivity index (χ2v) is 6.15. The van der Waals surface area contributed by atoms with Crippen molar-refractivity contribution in [3.05, 3.63) is 35.4 Å². The Bertz CT molecular complexity index is 517. The molecule has 1 aromatic rings. The van der Waals surface area contributed by atoms with Crippen LogP contribution in [0.2, 0.25) is 0 Å². The van der Waals surface area contributed by atoms with E-state index in [-0.39, 0.29) is 6.04 Å². The van der Waals surface area contributed by atoms with Crippen LogP contribution < -0.4 is 0 Å². The van der Waals surface area contributed by atoms with E-state index in [1.807, 2.05) is 0 Å². The molecule has 0 saturated carbocycles. The molecule has 3 atom stereocenters. The van der Waals surface area contributed by atoms with Gasteiger partial charge in [0.2, 0.25) is 0 Å². The maximum absolute atomic E-state index is 11.1. The molecule has 2 fully saturated rings. The summed E-state index contributed by atoms with van der Waals surface area (Å²) < 4.78 is 0. The maximum Gasteiger partial charge on any atom is 0.407 e. The van der Waals surface area contributed by atoms with Crippen molar-refractivity contribution in [3.63, 3.8) is 0 Å². The van der Waals surface area contributed by atoms with E-state index in [0.717, 1.165) is 19.4 Å². The van der Waals surface area contributed by atoms with Crippen LogP contribution in [0.3, 0.4) is 0 Å². The van der Waals surface area contributed by atoms with Crippen molar-refractivity contribution >= 4 is 6.09 Å². The van der Waals surface area contributed by atoms with Crippen LogP contribution in [0, 0.1) is 6.92 Å². The van der Waals surface area contributed by atoms with Gasteiger partial charge in [-0.3, -0.25) is 4.90 Å². The topological polar surface area (TPSA) is 43.8 Å². The molecule has 4 nitrogen and oxygen atoms in total. The Balaban J connectivity index is 1.65. The first kappa shape index (κ1) is 13.4. The first-order chi connectivity index (χ1) is 9.56.